The van der Waals surface area contributed by atoms with Gasteiger partial charge in [-0.05, 0) is 48.9 Å². The number of nitrogens with zero attached hydrogens (tertiary/aromatic N) is 1. The van der Waals surface area contributed by atoms with Crippen LogP contribution >= 0.6 is 11.6 Å². The van der Waals surface area contributed by atoms with Crippen LogP contribution in [-0.2, 0) is 17.6 Å². The van der Waals surface area contributed by atoms with Gasteiger partial charge in [-0.3, -0.25) is 4.98 Å². The van der Waals surface area contributed by atoms with Crippen LogP contribution in [0.1, 0.15) is 35.0 Å². The number of esters is 1. The van der Waals surface area contributed by atoms with Crippen LogP contribution in [0.4, 0.5) is 0 Å². The average molecular weight is 396 g/mol. The number of hydrogen-bond acceptors (Lipinski definition) is 4. The first-order valence-corrected chi connectivity index (χ1v) is 9.96. The molecule has 1 atom stereocenters. The van der Waals surface area contributed by atoms with Gasteiger partial charge in [0.1, 0.15) is 19.0 Å². The zero-order chi connectivity index (χ0) is 19.5. The monoisotopic (exact) mass is 395 g/mol. The summed E-state index contributed by atoms with van der Waals surface area (Å²) in [6, 6.07) is 15.0. The van der Waals surface area contributed by atoms with E-state index in [2.05, 4.69) is 6.92 Å². The minimum atomic E-state index is -0.313. The van der Waals surface area contributed by atoms with E-state index in [9.17, 15) is 4.79 Å². The van der Waals surface area contributed by atoms with Crippen molar-refractivity contribution in [3.05, 3.63) is 70.4 Å². The molecule has 0 amide bonds. The molecule has 0 radical (unpaired) electrons. The third kappa shape index (κ3) is 3.83. The molecule has 3 aromatic rings. The van der Waals surface area contributed by atoms with Crippen LogP contribution in [0.3, 0.4) is 0 Å². The van der Waals surface area contributed by atoms with Crippen molar-refractivity contribution in [1.29, 1.82) is 0 Å². The predicted octanol–water partition coefficient (Wildman–Crippen LogP) is 5.25. The molecule has 0 N–H and O–H groups in total. The molecule has 0 bridgehead atoms. The number of hydrogen-bond donors (Lipinski definition) is 0. The Morgan fingerprint density at radius 2 is 1.93 bits per heavy atom. The zero-order valence-electron chi connectivity index (χ0n) is 15.8. The van der Waals surface area contributed by atoms with Crippen LogP contribution in [0, 0.1) is 5.92 Å². The molecular formula is C23H22ClNO3. The Hall–Kier alpha value is -2.59. The Morgan fingerprint density at radius 1 is 1.14 bits per heavy atom. The molecule has 28 heavy (non-hydrogen) atoms. The summed E-state index contributed by atoms with van der Waals surface area (Å²) in [6.07, 6.45) is 2.85. The maximum atomic E-state index is 13.0. The molecule has 1 heterocycles. The first-order valence-electron chi connectivity index (χ1n) is 9.58. The molecule has 0 spiro atoms. The third-order valence-corrected chi connectivity index (χ3v) is 5.43. The number of carbonyl (C=O) groups excluding carboxylic acids is 1. The maximum absolute atomic E-state index is 13.0. The Balaban J connectivity index is 1.53. The van der Waals surface area contributed by atoms with Gasteiger partial charge in [0.15, 0.2) is 0 Å². The first kappa shape index (κ1) is 18.8. The summed E-state index contributed by atoms with van der Waals surface area (Å²) in [7, 11) is 0. The van der Waals surface area contributed by atoms with Gasteiger partial charge in [-0.1, -0.05) is 48.9 Å². The van der Waals surface area contributed by atoms with Gasteiger partial charge in [0.05, 0.1) is 16.1 Å². The highest BCUT2D eigenvalue weighted by molar-refractivity contribution is 6.32. The van der Waals surface area contributed by atoms with Crippen molar-refractivity contribution in [1.82, 2.24) is 4.98 Å². The summed E-state index contributed by atoms with van der Waals surface area (Å²) >= 11 is 6.08. The number of halogens is 1. The maximum Gasteiger partial charge on any atom is 0.339 e. The lowest BCUT2D eigenvalue weighted by Crippen LogP contribution is -2.20. The molecule has 1 aromatic heterocycles. The number of pyridine rings is 1. The first-order chi connectivity index (χ1) is 13.6. The van der Waals surface area contributed by atoms with E-state index < -0.39 is 0 Å². The molecule has 1 aliphatic rings. The van der Waals surface area contributed by atoms with E-state index in [1.165, 1.54) is 0 Å². The molecule has 5 heteroatoms. The second kappa shape index (κ2) is 8.19. The second-order valence-electron chi connectivity index (χ2n) is 7.19. The van der Waals surface area contributed by atoms with Gasteiger partial charge in [0.25, 0.3) is 0 Å². The minimum absolute atomic E-state index is 0.158. The van der Waals surface area contributed by atoms with Gasteiger partial charge in [-0.2, -0.15) is 0 Å². The van der Waals surface area contributed by atoms with E-state index in [4.69, 9.17) is 26.1 Å². The largest absolute Gasteiger partial charge is 0.488 e. The van der Waals surface area contributed by atoms with Gasteiger partial charge >= 0.3 is 5.97 Å². The highest BCUT2D eigenvalue weighted by Crippen LogP contribution is 2.32. The number of ether oxygens (including phenoxy) is 2. The zero-order valence-corrected chi connectivity index (χ0v) is 16.5. The van der Waals surface area contributed by atoms with Crippen molar-refractivity contribution in [3.8, 4) is 5.75 Å². The summed E-state index contributed by atoms with van der Waals surface area (Å²) < 4.78 is 11.2. The quantitative estimate of drug-likeness (QED) is 0.437. The molecule has 0 unspecified atom stereocenters. The molecule has 1 aliphatic carbocycles. The highest BCUT2D eigenvalue weighted by Gasteiger charge is 2.26. The lowest BCUT2D eigenvalue weighted by Gasteiger charge is -2.24. The second-order valence-corrected chi connectivity index (χ2v) is 7.60. The molecule has 0 saturated heterocycles. The Labute approximate surface area is 169 Å². The lowest BCUT2D eigenvalue weighted by atomic mass is 9.84. The fourth-order valence-electron chi connectivity index (χ4n) is 3.72. The number of aryl methyl sites for hydroxylation is 1. The van der Waals surface area contributed by atoms with Gasteiger partial charge in [-0.25, -0.2) is 4.79 Å². The van der Waals surface area contributed by atoms with Crippen LogP contribution in [0.2, 0.25) is 5.02 Å². The van der Waals surface area contributed by atoms with E-state index >= 15 is 0 Å². The summed E-state index contributed by atoms with van der Waals surface area (Å²) in [5.74, 6) is 0.804. The van der Waals surface area contributed by atoms with Crippen LogP contribution in [0.15, 0.2) is 48.5 Å². The Morgan fingerprint density at radius 3 is 2.79 bits per heavy atom. The van der Waals surface area contributed by atoms with Crippen LogP contribution in [0.5, 0.6) is 5.75 Å². The topological polar surface area (TPSA) is 48.4 Å². The SMILES string of the molecule is C[C@@H]1CCc2nc3ccccc3c(C(=O)OCCOc3ccccc3Cl)c2C1. The molecule has 0 aliphatic heterocycles. The van der Waals surface area contributed by atoms with E-state index in [1.54, 1.807) is 12.1 Å². The van der Waals surface area contributed by atoms with Gasteiger partial charge in [-0.15, -0.1) is 0 Å². The summed E-state index contributed by atoms with van der Waals surface area (Å²) in [5, 5.41) is 1.39. The van der Waals surface area contributed by atoms with Crippen molar-refractivity contribution in [2.24, 2.45) is 5.92 Å². The molecule has 4 nitrogen and oxygen atoms in total. The molecule has 0 saturated carbocycles. The third-order valence-electron chi connectivity index (χ3n) is 5.12. The number of para-hydroxylation sites is 2. The number of aromatic nitrogens is 1. The van der Waals surface area contributed by atoms with E-state index in [-0.39, 0.29) is 19.2 Å². The van der Waals surface area contributed by atoms with Crippen molar-refractivity contribution in [3.63, 3.8) is 0 Å². The number of carbonyl (C=O) groups is 1. The fraction of sp³-hybridized carbons (Fsp3) is 0.304. The van der Waals surface area contributed by atoms with Crippen molar-refractivity contribution < 1.29 is 14.3 Å². The Kier molecular flexibility index (Phi) is 5.49. The van der Waals surface area contributed by atoms with Crippen molar-refractivity contribution >= 4 is 28.5 Å². The van der Waals surface area contributed by atoms with Crippen LogP contribution in [0.25, 0.3) is 10.9 Å². The Bertz CT molecular complexity index is 1020. The molecule has 144 valence electrons. The average Bonchev–Trinajstić information content (AvgIpc) is 2.70. The molecule has 0 fully saturated rings. The summed E-state index contributed by atoms with van der Waals surface area (Å²) in [4.78, 5) is 17.8. The molecule has 4 rings (SSSR count). The summed E-state index contributed by atoms with van der Waals surface area (Å²) in [6.45, 7) is 2.62. The van der Waals surface area contributed by atoms with Gasteiger partial charge in [0, 0.05) is 11.1 Å². The van der Waals surface area contributed by atoms with Crippen molar-refractivity contribution in [2.45, 2.75) is 26.2 Å². The van der Waals surface area contributed by atoms with Crippen molar-refractivity contribution in [2.75, 3.05) is 13.2 Å². The number of rotatable bonds is 5. The van der Waals surface area contributed by atoms with E-state index in [0.717, 1.165) is 41.4 Å². The molecular weight excluding hydrogens is 374 g/mol. The minimum Gasteiger partial charge on any atom is -0.488 e. The van der Waals surface area contributed by atoms with Gasteiger partial charge in [0.2, 0.25) is 0 Å². The van der Waals surface area contributed by atoms with Crippen LogP contribution < -0.4 is 4.74 Å². The fourth-order valence-corrected chi connectivity index (χ4v) is 3.91. The summed E-state index contributed by atoms with van der Waals surface area (Å²) in [5.41, 5.74) is 3.56. The number of benzene rings is 2. The van der Waals surface area contributed by atoms with Crippen LogP contribution in [-0.4, -0.2) is 24.2 Å². The van der Waals surface area contributed by atoms with E-state index in [1.807, 2.05) is 36.4 Å². The normalized spacial score (nSPS) is 15.9. The smallest absolute Gasteiger partial charge is 0.339 e. The number of fused-ring (bicyclic) bond motifs is 2. The van der Waals surface area contributed by atoms with Gasteiger partial charge < -0.3 is 9.47 Å². The predicted molar refractivity (Wildman–Crippen MR) is 110 cm³/mol. The molecule has 2 aromatic carbocycles. The standard InChI is InChI=1S/C23H22ClNO3/c1-15-10-11-20-17(14-15)22(16-6-2-4-8-19(16)25-20)23(26)28-13-12-27-21-9-5-3-7-18(21)24/h2-9,15H,10-14H2,1H3/t15-/m1/s1. The highest BCUT2D eigenvalue weighted by atomic mass is 35.5. The lowest BCUT2D eigenvalue weighted by molar-refractivity contribution is 0.0451. The van der Waals surface area contributed by atoms with E-state index in [0.29, 0.717) is 22.3 Å².